The van der Waals surface area contributed by atoms with Crippen molar-refractivity contribution in [3.63, 3.8) is 0 Å². The molecular weight excluding hydrogens is 400 g/mol. The van der Waals surface area contributed by atoms with E-state index in [1.807, 2.05) is 31.2 Å². The van der Waals surface area contributed by atoms with Crippen LogP contribution in [0.15, 0.2) is 40.9 Å². The predicted octanol–water partition coefficient (Wildman–Crippen LogP) is 4.24. The highest BCUT2D eigenvalue weighted by Gasteiger charge is 2.50. The summed E-state index contributed by atoms with van der Waals surface area (Å²) < 4.78 is 18.0. The molecule has 1 fully saturated rings. The van der Waals surface area contributed by atoms with Gasteiger partial charge < -0.3 is 19.5 Å². The molecule has 26 heavy (non-hydrogen) atoms. The summed E-state index contributed by atoms with van der Waals surface area (Å²) in [4.78, 5) is 14.6. The van der Waals surface area contributed by atoms with Crippen LogP contribution >= 0.6 is 15.9 Å². The number of hydrogen-bond donors (Lipinski definition) is 1. The van der Waals surface area contributed by atoms with Crippen LogP contribution in [-0.4, -0.2) is 26.0 Å². The standard InChI is InChI=1S/C19H19BrN2O4/c1-19-10-14(13-8-11(20)4-7-16(13)26-19)21-18(23)22(19)15-6-5-12(24-2)9-17(15)25-3/h4-9,14H,10H2,1-3H3,(H,21,23)/t14-,19+/m1/s1. The van der Waals surface area contributed by atoms with Gasteiger partial charge in [-0.2, -0.15) is 0 Å². The number of nitrogens with zero attached hydrogens (tertiary/aromatic N) is 1. The van der Waals surface area contributed by atoms with Crippen LogP contribution in [0, 0.1) is 0 Å². The molecule has 2 aliphatic heterocycles. The van der Waals surface area contributed by atoms with Gasteiger partial charge in [0, 0.05) is 22.5 Å². The van der Waals surface area contributed by atoms with Gasteiger partial charge in [0.2, 0.25) is 0 Å². The Morgan fingerprint density at radius 3 is 2.77 bits per heavy atom. The summed E-state index contributed by atoms with van der Waals surface area (Å²) in [5.41, 5.74) is 0.786. The molecule has 2 aliphatic rings. The van der Waals surface area contributed by atoms with E-state index in [4.69, 9.17) is 14.2 Å². The highest BCUT2D eigenvalue weighted by atomic mass is 79.9. The first kappa shape index (κ1) is 17.0. The molecule has 0 aliphatic carbocycles. The van der Waals surface area contributed by atoms with Crippen LogP contribution in [0.25, 0.3) is 0 Å². The van der Waals surface area contributed by atoms with Crippen LogP contribution in [0.4, 0.5) is 10.5 Å². The van der Waals surface area contributed by atoms with Crippen LogP contribution in [0.2, 0.25) is 0 Å². The molecule has 1 saturated heterocycles. The molecule has 2 aromatic carbocycles. The Morgan fingerprint density at radius 2 is 2.04 bits per heavy atom. The van der Waals surface area contributed by atoms with Crippen molar-refractivity contribution >= 4 is 27.6 Å². The number of hydrogen-bond acceptors (Lipinski definition) is 4. The maximum atomic E-state index is 13.0. The number of fused-ring (bicyclic) bond motifs is 4. The molecule has 7 heteroatoms. The molecule has 6 nitrogen and oxygen atoms in total. The second-order valence-corrected chi connectivity index (χ2v) is 7.45. The van der Waals surface area contributed by atoms with Gasteiger partial charge in [0.15, 0.2) is 5.72 Å². The van der Waals surface area contributed by atoms with Gasteiger partial charge >= 0.3 is 6.03 Å². The third kappa shape index (κ3) is 2.58. The van der Waals surface area contributed by atoms with Crippen molar-refractivity contribution < 1.29 is 19.0 Å². The van der Waals surface area contributed by atoms with Gasteiger partial charge in [-0.1, -0.05) is 15.9 Å². The van der Waals surface area contributed by atoms with E-state index in [0.29, 0.717) is 23.6 Å². The molecule has 0 spiro atoms. The van der Waals surface area contributed by atoms with Crippen LogP contribution in [0.3, 0.4) is 0 Å². The Bertz CT molecular complexity index is 888. The average Bonchev–Trinajstić information content (AvgIpc) is 2.62. The fourth-order valence-corrected chi connectivity index (χ4v) is 4.06. The van der Waals surface area contributed by atoms with Crippen LogP contribution in [-0.2, 0) is 0 Å². The summed E-state index contributed by atoms with van der Waals surface area (Å²) in [7, 11) is 3.16. The van der Waals surface area contributed by atoms with Crippen molar-refractivity contribution in [2.24, 2.45) is 0 Å². The van der Waals surface area contributed by atoms with Gasteiger partial charge in [0.05, 0.1) is 25.9 Å². The fourth-order valence-electron chi connectivity index (χ4n) is 3.68. The fraction of sp³-hybridized carbons (Fsp3) is 0.316. The van der Waals surface area contributed by atoms with E-state index in [-0.39, 0.29) is 12.1 Å². The van der Waals surface area contributed by atoms with E-state index in [0.717, 1.165) is 15.8 Å². The van der Waals surface area contributed by atoms with Crippen molar-refractivity contribution in [2.45, 2.75) is 25.1 Å². The van der Waals surface area contributed by atoms with Gasteiger partial charge in [-0.25, -0.2) is 4.79 Å². The second-order valence-electron chi connectivity index (χ2n) is 6.54. The van der Waals surface area contributed by atoms with Crippen molar-refractivity contribution in [3.05, 3.63) is 46.4 Å². The van der Waals surface area contributed by atoms with E-state index in [1.54, 1.807) is 31.3 Å². The highest BCUT2D eigenvalue weighted by molar-refractivity contribution is 9.10. The Morgan fingerprint density at radius 1 is 1.23 bits per heavy atom. The third-order valence-corrected chi connectivity index (χ3v) is 5.35. The molecule has 0 radical (unpaired) electrons. The van der Waals surface area contributed by atoms with Gasteiger partial charge in [0.25, 0.3) is 0 Å². The lowest BCUT2D eigenvalue weighted by Crippen LogP contribution is -2.65. The molecule has 0 unspecified atom stereocenters. The topological polar surface area (TPSA) is 60.0 Å². The Balaban J connectivity index is 1.80. The zero-order chi connectivity index (χ0) is 18.5. The largest absolute Gasteiger partial charge is 0.497 e. The Kier molecular flexibility index (Phi) is 3.99. The molecule has 2 amide bonds. The number of methoxy groups -OCH3 is 2. The first-order chi connectivity index (χ1) is 12.4. The number of urea groups is 1. The first-order valence-corrected chi connectivity index (χ1v) is 9.06. The van der Waals surface area contributed by atoms with E-state index < -0.39 is 5.72 Å². The molecule has 2 atom stereocenters. The normalized spacial score (nSPS) is 23.6. The first-order valence-electron chi connectivity index (χ1n) is 8.26. The quantitative estimate of drug-likeness (QED) is 0.809. The summed E-state index contributed by atoms with van der Waals surface area (Å²) in [5, 5.41) is 3.08. The number of ether oxygens (including phenoxy) is 3. The minimum atomic E-state index is -0.824. The Labute approximate surface area is 160 Å². The SMILES string of the molecule is COc1ccc(N2C(=O)N[C@@H]3C[C@]2(C)Oc2ccc(Br)cc23)c(OC)c1. The number of carbonyl (C=O) groups excluding carboxylic acids is 1. The van der Waals surface area contributed by atoms with Crippen molar-refractivity contribution in [3.8, 4) is 17.2 Å². The van der Waals surface area contributed by atoms with E-state index in [1.165, 1.54) is 0 Å². The second kappa shape index (κ2) is 6.09. The Hall–Kier alpha value is -2.41. The molecule has 1 N–H and O–H groups in total. The highest BCUT2D eigenvalue weighted by Crippen LogP contribution is 2.48. The number of rotatable bonds is 3. The smallest absolute Gasteiger partial charge is 0.325 e. The average molecular weight is 419 g/mol. The van der Waals surface area contributed by atoms with Crippen LogP contribution < -0.4 is 24.4 Å². The lowest BCUT2D eigenvalue weighted by Gasteiger charge is -2.50. The molecular formula is C19H19BrN2O4. The van der Waals surface area contributed by atoms with Gasteiger partial charge in [-0.3, -0.25) is 4.90 Å². The van der Waals surface area contributed by atoms with Crippen molar-refractivity contribution in [1.29, 1.82) is 0 Å². The van der Waals surface area contributed by atoms with E-state index in [2.05, 4.69) is 21.2 Å². The number of nitrogens with one attached hydrogen (secondary N) is 1. The van der Waals surface area contributed by atoms with Crippen molar-refractivity contribution in [1.82, 2.24) is 5.32 Å². The number of carbonyl (C=O) groups is 1. The minimum Gasteiger partial charge on any atom is -0.497 e. The minimum absolute atomic E-state index is 0.103. The van der Waals surface area contributed by atoms with Gasteiger partial charge in [-0.15, -0.1) is 0 Å². The number of benzene rings is 2. The lowest BCUT2D eigenvalue weighted by molar-refractivity contribution is 0.0374. The summed E-state index contributed by atoms with van der Waals surface area (Å²) in [6.45, 7) is 1.92. The molecule has 2 heterocycles. The molecule has 4 rings (SSSR count). The van der Waals surface area contributed by atoms with Crippen LogP contribution in [0.1, 0.15) is 24.9 Å². The monoisotopic (exact) mass is 418 g/mol. The van der Waals surface area contributed by atoms with E-state index in [9.17, 15) is 4.79 Å². The third-order valence-electron chi connectivity index (χ3n) is 4.86. The van der Waals surface area contributed by atoms with Crippen molar-refractivity contribution in [2.75, 3.05) is 19.1 Å². The zero-order valence-electron chi connectivity index (χ0n) is 14.7. The maximum Gasteiger partial charge on any atom is 0.325 e. The lowest BCUT2D eigenvalue weighted by atomic mass is 9.90. The summed E-state index contributed by atoms with van der Waals surface area (Å²) >= 11 is 3.48. The number of anilines is 1. The molecule has 0 saturated carbocycles. The summed E-state index contributed by atoms with van der Waals surface area (Å²) in [6.07, 6.45) is 0.622. The molecule has 0 aromatic heterocycles. The molecule has 2 aromatic rings. The zero-order valence-corrected chi connectivity index (χ0v) is 16.3. The number of halogens is 1. The molecule has 2 bridgehead atoms. The predicted molar refractivity (Wildman–Crippen MR) is 101 cm³/mol. The summed E-state index contributed by atoms with van der Waals surface area (Å²) in [5.74, 6) is 1.97. The molecule has 136 valence electrons. The van der Waals surface area contributed by atoms with Crippen LogP contribution in [0.5, 0.6) is 17.2 Å². The number of amides is 2. The van der Waals surface area contributed by atoms with E-state index >= 15 is 0 Å². The summed E-state index contributed by atoms with van der Waals surface area (Å²) in [6, 6.07) is 10.9. The van der Waals surface area contributed by atoms with Gasteiger partial charge in [-0.05, 0) is 37.3 Å². The maximum absolute atomic E-state index is 13.0. The van der Waals surface area contributed by atoms with Gasteiger partial charge in [0.1, 0.15) is 17.2 Å².